The van der Waals surface area contributed by atoms with E-state index in [0.29, 0.717) is 0 Å². The minimum Gasteiger partial charge on any atom is -0.387 e. The van der Waals surface area contributed by atoms with Gasteiger partial charge in [-0.2, -0.15) is 0 Å². The first-order chi connectivity index (χ1) is 6.77. The van der Waals surface area contributed by atoms with Gasteiger partial charge < -0.3 is 5.11 Å². The van der Waals surface area contributed by atoms with Crippen molar-refractivity contribution in [1.29, 1.82) is 0 Å². The van der Waals surface area contributed by atoms with E-state index in [1.54, 1.807) is 11.3 Å². The first kappa shape index (κ1) is 10.1. The van der Waals surface area contributed by atoms with Gasteiger partial charge in [-0.25, -0.2) is 4.98 Å². The molecular weight excluding hydrogens is 194 g/mol. The molecule has 1 aliphatic rings. The molecule has 0 amide bonds. The largest absolute Gasteiger partial charge is 0.387 e. The van der Waals surface area contributed by atoms with Crippen LogP contribution in [0.2, 0.25) is 0 Å². The van der Waals surface area contributed by atoms with Gasteiger partial charge in [0.15, 0.2) is 0 Å². The second-order valence-electron chi connectivity index (χ2n) is 4.20. The molecule has 0 spiro atoms. The van der Waals surface area contributed by atoms with E-state index >= 15 is 0 Å². The summed E-state index contributed by atoms with van der Waals surface area (Å²) < 4.78 is 0. The number of hydrogen-bond acceptors (Lipinski definition) is 3. The van der Waals surface area contributed by atoms with Crippen molar-refractivity contribution in [2.45, 2.75) is 45.1 Å². The molecule has 1 saturated carbocycles. The Balaban J connectivity index is 1.95. The van der Waals surface area contributed by atoms with E-state index in [1.165, 1.54) is 25.7 Å². The van der Waals surface area contributed by atoms with Gasteiger partial charge in [-0.05, 0) is 19.3 Å². The summed E-state index contributed by atoms with van der Waals surface area (Å²) in [6.45, 7) is 1.98. The summed E-state index contributed by atoms with van der Waals surface area (Å²) >= 11 is 1.58. The lowest BCUT2D eigenvalue weighted by molar-refractivity contribution is 0.147. The van der Waals surface area contributed by atoms with Crippen LogP contribution in [-0.2, 0) is 0 Å². The minimum atomic E-state index is -0.273. The van der Waals surface area contributed by atoms with E-state index in [-0.39, 0.29) is 6.10 Å². The van der Waals surface area contributed by atoms with Crippen LogP contribution in [0.5, 0.6) is 0 Å². The molecule has 1 aliphatic carbocycles. The zero-order valence-electron chi connectivity index (χ0n) is 8.57. The van der Waals surface area contributed by atoms with E-state index in [2.05, 4.69) is 4.98 Å². The van der Waals surface area contributed by atoms with Crippen molar-refractivity contribution in [2.75, 3.05) is 0 Å². The van der Waals surface area contributed by atoms with Crippen LogP contribution in [0.15, 0.2) is 5.51 Å². The van der Waals surface area contributed by atoms with Crippen LogP contribution in [-0.4, -0.2) is 10.1 Å². The number of aliphatic hydroxyl groups is 1. The highest BCUT2D eigenvalue weighted by molar-refractivity contribution is 7.09. The highest BCUT2D eigenvalue weighted by Gasteiger charge is 2.21. The lowest BCUT2D eigenvalue weighted by Crippen LogP contribution is -2.03. The van der Waals surface area contributed by atoms with E-state index < -0.39 is 0 Å². The zero-order valence-corrected chi connectivity index (χ0v) is 9.39. The summed E-state index contributed by atoms with van der Waals surface area (Å²) in [6, 6.07) is 0. The molecule has 1 fully saturated rings. The Morgan fingerprint density at radius 3 is 2.86 bits per heavy atom. The SMILES string of the molecule is Cc1ncsc1C(O)CC1CCCC1. The number of nitrogens with zero attached hydrogens (tertiary/aromatic N) is 1. The van der Waals surface area contributed by atoms with Crippen molar-refractivity contribution in [3.8, 4) is 0 Å². The van der Waals surface area contributed by atoms with Crippen molar-refractivity contribution in [1.82, 2.24) is 4.98 Å². The highest BCUT2D eigenvalue weighted by Crippen LogP contribution is 2.34. The van der Waals surface area contributed by atoms with Crippen molar-refractivity contribution in [3.05, 3.63) is 16.1 Å². The van der Waals surface area contributed by atoms with Gasteiger partial charge in [-0.15, -0.1) is 11.3 Å². The van der Waals surface area contributed by atoms with E-state index in [4.69, 9.17) is 0 Å². The average Bonchev–Trinajstić information content (AvgIpc) is 2.75. The maximum absolute atomic E-state index is 10.0. The first-order valence-corrected chi connectivity index (χ1v) is 6.23. The third-order valence-electron chi connectivity index (χ3n) is 3.12. The predicted molar refractivity (Wildman–Crippen MR) is 58.4 cm³/mol. The molecule has 1 aromatic rings. The number of thiazole rings is 1. The molecule has 0 saturated heterocycles. The number of aryl methyl sites for hydroxylation is 1. The van der Waals surface area contributed by atoms with Crippen LogP contribution in [0.3, 0.4) is 0 Å². The topological polar surface area (TPSA) is 33.1 Å². The molecule has 78 valence electrons. The van der Waals surface area contributed by atoms with E-state index in [1.807, 2.05) is 12.4 Å². The van der Waals surface area contributed by atoms with Gasteiger partial charge in [-0.3, -0.25) is 0 Å². The minimum absolute atomic E-state index is 0.273. The summed E-state index contributed by atoms with van der Waals surface area (Å²) in [7, 11) is 0. The molecule has 0 aromatic carbocycles. The Labute approximate surface area is 89.0 Å². The van der Waals surface area contributed by atoms with E-state index in [9.17, 15) is 5.11 Å². The zero-order chi connectivity index (χ0) is 9.97. The maximum atomic E-state index is 10.0. The molecule has 1 aromatic heterocycles. The van der Waals surface area contributed by atoms with Crippen molar-refractivity contribution in [2.24, 2.45) is 5.92 Å². The third kappa shape index (κ3) is 2.15. The Bertz CT molecular complexity index is 291. The van der Waals surface area contributed by atoms with Gasteiger partial charge in [0, 0.05) is 0 Å². The number of rotatable bonds is 3. The molecule has 3 heteroatoms. The highest BCUT2D eigenvalue weighted by atomic mass is 32.1. The number of hydrogen-bond donors (Lipinski definition) is 1. The fourth-order valence-corrected chi connectivity index (χ4v) is 3.10. The van der Waals surface area contributed by atoms with Gasteiger partial charge >= 0.3 is 0 Å². The molecule has 0 bridgehead atoms. The molecule has 2 rings (SSSR count). The third-order valence-corrected chi connectivity index (χ3v) is 4.15. The molecule has 0 aliphatic heterocycles. The van der Waals surface area contributed by atoms with Crippen molar-refractivity contribution < 1.29 is 5.11 Å². The van der Waals surface area contributed by atoms with Crippen LogP contribution in [0.4, 0.5) is 0 Å². The number of aliphatic hydroxyl groups excluding tert-OH is 1. The quantitative estimate of drug-likeness (QED) is 0.833. The van der Waals surface area contributed by atoms with Gasteiger partial charge in [-0.1, -0.05) is 25.7 Å². The molecule has 1 N–H and O–H groups in total. The molecule has 1 heterocycles. The molecular formula is C11H17NOS. The number of aromatic nitrogens is 1. The predicted octanol–water partition coefficient (Wildman–Crippen LogP) is 3.07. The van der Waals surface area contributed by atoms with Crippen LogP contribution in [0, 0.1) is 12.8 Å². The Kier molecular flexibility index (Phi) is 3.19. The standard InChI is InChI=1S/C11H17NOS/c1-8-11(14-7-12-8)10(13)6-9-4-2-3-5-9/h7,9-10,13H,2-6H2,1H3. The van der Waals surface area contributed by atoms with Gasteiger partial charge in [0.2, 0.25) is 0 Å². The normalized spacial score (nSPS) is 20.1. The first-order valence-electron chi connectivity index (χ1n) is 5.35. The van der Waals surface area contributed by atoms with Crippen LogP contribution >= 0.6 is 11.3 Å². The van der Waals surface area contributed by atoms with Gasteiger partial charge in [0.1, 0.15) is 0 Å². The average molecular weight is 211 g/mol. The summed E-state index contributed by atoms with van der Waals surface area (Å²) in [4.78, 5) is 5.24. The monoisotopic (exact) mass is 211 g/mol. The molecule has 14 heavy (non-hydrogen) atoms. The summed E-state index contributed by atoms with van der Waals surface area (Å²) in [6.07, 6.45) is 5.95. The fraction of sp³-hybridized carbons (Fsp3) is 0.727. The van der Waals surface area contributed by atoms with Crippen LogP contribution < -0.4 is 0 Å². The maximum Gasteiger partial charge on any atom is 0.0903 e. The molecule has 0 radical (unpaired) electrons. The summed E-state index contributed by atoms with van der Waals surface area (Å²) in [5.41, 5.74) is 2.82. The summed E-state index contributed by atoms with van der Waals surface area (Å²) in [5, 5.41) is 10.0. The van der Waals surface area contributed by atoms with Gasteiger partial charge in [0.05, 0.1) is 22.2 Å². The van der Waals surface area contributed by atoms with Crippen molar-refractivity contribution >= 4 is 11.3 Å². The Morgan fingerprint density at radius 2 is 2.29 bits per heavy atom. The summed E-state index contributed by atoms with van der Waals surface area (Å²) in [5.74, 6) is 0.742. The second kappa shape index (κ2) is 4.41. The molecule has 1 unspecified atom stereocenters. The molecule has 1 atom stereocenters. The lowest BCUT2D eigenvalue weighted by Gasteiger charge is -2.14. The van der Waals surface area contributed by atoms with Gasteiger partial charge in [0.25, 0.3) is 0 Å². The smallest absolute Gasteiger partial charge is 0.0903 e. The van der Waals surface area contributed by atoms with Crippen LogP contribution in [0.1, 0.15) is 48.8 Å². The molecule has 2 nitrogen and oxygen atoms in total. The lowest BCUT2D eigenvalue weighted by atomic mass is 9.99. The van der Waals surface area contributed by atoms with Crippen molar-refractivity contribution in [3.63, 3.8) is 0 Å². The fourth-order valence-electron chi connectivity index (χ4n) is 2.30. The van der Waals surface area contributed by atoms with Crippen LogP contribution in [0.25, 0.3) is 0 Å². The van der Waals surface area contributed by atoms with E-state index in [0.717, 1.165) is 22.9 Å². The second-order valence-corrected chi connectivity index (χ2v) is 5.09. The Morgan fingerprint density at radius 1 is 1.57 bits per heavy atom. The Hall–Kier alpha value is -0.410.